The fraction of sp³-hybridized carbons (Fsp3) is 0.290. The molecule has 0 unspecified atom stereocenters. The van der Waals surface area contributed by atoms with Gasteiger partial charge in [-0.25, -0.2) is 4.79 Å². The number of benzene rings is 3. The summed E-state index contributed by atoms with van der Waals surface area (Å²) in [5.74, 6) is 1.20. The Morgan fingerprint density at radius 3 is 2.11 bits per heavy atom. The van der Waals surface area contributed by atoms with E-state index in [1.807, 2.05) is 68.4 Å². The maximum atomic E-state index is 13.4. The summed E-state index contributed by atoms with van der Waals surface area (Å²) < 4.78 is 22.9. The molecule has 0 N–H and O–H groups in total. The Labute approximate surface area is 222 Å². The molecule has 0 fully saturated rings. The first-order valence-corrected chi connectivity index (χ1v) is 12.6. The zero-order valence-corrected chi connectivity index (χ0v) is 22.4. The van der Waals surface area contributed by atoms with Crippen molar-refractivity contribution in [1.82, 2.24) is 4.90 Å². The van der Waals surface area contributed by atoms with Crippen molar-refractivity contribution < 1.29 is 23.4 Å². The Balaban J connectivity index is 2.06. The van der Waals surface area contributed by atoms with Gasteiger partial charge in [0.1, 0.15) is 22.8 Å². The number of carbonyl (C=O) groups excluding carboxylic acids is 1. The van der Waals surface area contributed by atoms with Gasteiger partial charge in [-0.05, 0) is 37.1 Å². The summed E-state index contributed by atoms with van der Waals surface area (Å²) in [5.41, 5.74) is 2.84. The van der Waals surface area contributed by atoms with Gasteiger partial charge in [-0.15, -0.1) is 0 Å². The van der Waals surface area contributed by atoms with Gasteiger partial charge in [-0.2, -0.15) is 0 Å². The summed E-state index contributed by atoms with van der Waals surface area (Å²) in [4.78, 5) is 28.2. The van der Waals surface area contributed by atoms with E-state index in [1.54, 1.807) is 32.3 Å². The van der Waals surface area contributed by atoms with Gasteiger partial charge in [0, 0.05) is 48.7 Å². The molecule has 1 heterocycles. The largest absolute Gasteiger partial charge is 0.497 e. The van der Waals surface area contributed by atoms with Crippen molar-refractivity contribution >= 4 is 16.9 Å². The highest BCUT2D eigenvalue weighted by Gasteiger charge is 2.30. The molecule has 4 aromatic rings. The molecule has 7 heteroatoms. The SMILES string of the molecule is CCN(CC)C(=O)C[C@H](c1ccc(OC)cc1)c1c(OC)cc(OC)c2c(-c3ccccc3)cc(=O)oc12. The summed E-state index contributed by atoms with van der Waals surface area (Å²) in [7, 11) is 4.73. The van der Waals surface area contributed by atoms with Crippen LogP contribution in [0, 0.1) is 0 Å². The lowest BCUT2D eigenvalue weighted by Gasteiger charge is -2.26. The van der Waals surface area contributed by atoms with E-state index in [1.165, 1.54) is 6.07 Å². The molecule has 0 saturated heterocycles. The number of nitrogens with zero attached hydrogens (tertiary/aromatic N) is 1. The number of hydrogen-bond donors (Lipinski definition) is 0. The average Bonchev–Trinajstić information content (AvgIpc) is 2.96. The van der Waals surface area contributed by atoms with Crippen LogP contribution in [-0.2, 0) is 4.79 Å². The molecular formula is C31H33NO6. The van der Waals surface area contributed by atoms with Crippen molar-refractivity contribution in [1.29, 1.82) is 0 Å². The Kier molecular flexibility index (Phi) is 8.36. The van der Waals surface area contributed by atoms with E-state index >= 15 is 0 Å². The van der Waals surface area contributed by atoms with Gasteiger partial charge in [0.2, 0.25) is 5.91 Å². The first-order chi connectivity index (χ1) is 18.4. The molecule has 0 saturated carbocycles. The van der Waals surface area contributed by atoms with Crippen LogP contribution in [0.5, 0.6) is 17.2 Å². The smallest absolute Gasteiger partial charge is 0.336 e. The molecule has 38 heavy (non-hydrogen) atoms. The van der Waals surface area contributed by atoms with Gasteiger partial charge in [0.15, 0.2) is 0 Å². The molecule has 1 aromatic heterocycles. The molecule has 0 bridgehead atoms. The number of fused-ring (bicyclic) bond motifs is 1. The zero-order valence-electron chi connectivity index (χ0n) is 22.4. The zero-order chi connectivity index (χ0) is 27.2. The van der Waals surface area contributed by atoms with E-state index < -0.39 is 11.5 Å². The topological polar surface area (TPSA) is 78.2 Å². The van der Waals surface area contributed by atoms with Crippen LogP contribution in [0.1, 0.15) is 37.3 Å². The van der Waals surface area contributed by atoms with Crippen LogP contribution in [-0.4, -0.2) is 45.2 Å². The van der Waals surface area contributed by atoms with E-state index in [0.717, 1.165) is 11.1 Å². The van der Waals surface area contributed by atoms with Crippen LogP contribution in [0.2, 0.25) is 0 Å². The highest BCUT2D eigenvalue weighted by Crippen LogP contribution is 2.46. The van der Waals surface area contributed by atoms with Crippen molar-refractivity contribution in [2.75, 3.05) is 34.4 Å². The second-order valence-corrected chi connectivity index (χ2v) is 8.84. The van der Waals surface area contributed by atoms with E-state index in [-0.39, 0.29) is 12.3 Å². The third kappa shape index (κ3) is 5.23. The van der Waals surface area contributed by atoms with Gasteiger partial charge in [0.25, 0.3) is 0 Å². The van der Waals surface area contributed by atoms with Crippen LogP contribution < -0.4 is 19.8 Å². The number of ether oxygens (including phenoxy) is 3. The number of amides is 1. The summed E-state index contributed by atoms with van der Waals surface area (Å²) >= 11 is 0. The second kappa shape index (κ2) is 11.9. The minimum atomic E-state index is -0.503. The van der Waals surface area contributed by atoms with Crippen LogP contribution in [0.4, 0.5) is 0 Å². The molecule has 1 amide bonds. The number of carbonyl (C=O) groups is 1. The second-order valence-electron chi connectivity index (χ2n) is 8.84. The van der Waals surface area contributed by atoms with Crippen molar-refractivity contribution in [3.05, 3.63) is 88.3 Å². The maximum absolute atomic E-state index is 13.4. The fourth-order valence-corrected chi connectivity index (χ4v) is 4.92. The fourth-order valence-electron chi connectivity index (χ4n) is 4.92. The molecule has 1 atom stereocenters. The molecule has 0 aliphatic rings. The molecular weight excluding hydrogens is 482 g/mol. The molecule has 198 valence electrons. The number of methoxy groups -OCH3 is 3. The first kappa shape index (κ1) is 26.8. The lowest BCUT2D eigenvalue weighted by Crippen LogP contribution is -2.31. The standard InChI is InChI=1S/C31H33NO6/c1-6-32(7-2)27(33)17-23(21-13-15-22(35-3)16-14-21)29-25(36-4)19-26(37-5)30-24(18-28(34)38-31(29)30)20-11-9-8-10-12-20/h8-16,18-19,23H,6-7,17H2,1-5H3/t23-/m1/s1. The van der Waals surface area contributed by atoms with E-state index in [2.05, 4.69) is 0 Å². The lowest BCUT2D eigenvalue weighted by atomic mass is 9.85. The Morgan fingerprint density at radius 2 is 1.53 bits per heavy atom. The third-order valence-corrected chi connectivity index (χ3v) is 6.87. The third-order valence-electron chi connectivity index (χ3n) is 6.87. The van der Waals surface area contributed by atoms with E-state index in [4.69, 9.17) is 18.6 Å². The minimum absolute atomic E-state index is 0.0107. The van der Waals surface area contributed by atoms with Gasteiger partial charge >= 0.3 is 5.63 Å². The minimum Gasteiger partial charge on any atom is -0.497 e. The first-order valence-electron chi connectivity index (χ1n) is 12.6. The highest BCUT2D eigenvalue weighted by atomic mass is 16.5. The van der Waals surface area contributed by atoms with Crippen LogP contribution >= 0.6 is 0 Å². The Bertz CT molecular complexity index is 1460. The normalized spacial score (nSPS) is 11.7. The maximum Gasteiger partial charge on any atom is 0.336 e. The predicted molar refractivity (Wildman–Crippen MR) is 148 cm³/mol. The molecule has 3 aromatic carbocycles. The predicted octanol–water partition coefficient (Wildman–Crippen LogP) is 5.88. The molecule has 0 radical (unpaired) electrons. The lowest BCUT2D eigenvalue weighted by molar-refractivity contribution is -0.131. The Hall–Kier alpha value is -4.26. The molecule has 0 aliphatic heterocycles. The van der Waals surface area contributed by atoms with Crippen molar-refractivity contribution in [2.24, 2.45) is 0 Å². The van der Waals surface area contributed by atoms with Crippen LogP contribution in [0.3, 0.4) is 0 Å². The van der Waals surface area contributed by atoms with Gasteiger partial charge in [-0.3, -0.25) is 4.79 Å². The van der Waals surface area contributed by atoms with Crippen LogP contribution in [0.15, 0.2) is 75.9 Å². The van der Waals surface area contributed by atoms with Crippen molar-refractivity contribution in [2.45, 2.75) is 26.2 Å². The van der Waals surface area contributed by atoms with Crippen molar-refractivity contribution in [3.63, 3.8) is 0 Å². The van der Waals surface area contributed by atoms with E-state index in [9.17, 15) is 9.59 Å². The number of hydrogen-bond acceptors (Lipinski definition) is 6. The molecule has 0 aliphatic carbocycles. The van der Waals surface area contributed by atoms with Crippen LogP contribution in [0.25, 0.3) is 22.1 Å². The van der Waals surface area contributed by atoms with Gasteiger partial charge < -0.3 is 23.5 Å². The number of rotatable bonds is 10. The van der Waals surface area contributed by atoms with E-state index in [0.29, 0.717) is 52.4 Å². The monoisotopic (exact) mass is 515 g/mol. The Morgan fingerprint density at radius 1 is 0.868 bits per heavy atom. The summed E-state index contributed by atoms with van der Waals surface area (Å²) in [6, 6.07) is 20.4. The summed E-state index contributed by atoms with van der Waals surface area (Å²) in [5, 5.41) is 0.642. The average molecular weight is 516 g/mol. The van der Waals surface area contributed by atoms with Gasteiger partial charge in [-0.1, -0.05) is 42.5 Å². The van der Waals surface area contributed by atoms with Gasteiger partial charge in [0.05, 0.1) is 26.7 Å². The summed E-state index contributed by atoms with van der Waals surface area (Å²) in [6.45, 7) is 5.10. The van der Waals surface area contributed by atoms with Crippen molar-refractivity contribution in [3.8, 4) is 28.4 Å². The quantitative estimate of drug-likeness (QED) is 0.246. The summed E-state index contributed by atoms with van der Waals surface area (Å²) in [6.07, 6.45) is 0.158. The highest BCUT2D eigenvalue weighted by molar-refractivity contribution is 6.01. The molecule has 4 rings (SSSR count). The molecule has 7 nitrogen and oxygen atoms in total. The molecule has 0 spiro atoms.